The van der Waals surface area contributed by atoms with E-state index in [1.165, 1.54) is 6.07 Å². The third kappa shape index (κ3) is 6.82. The highest BCUT2D eigenvalue weighted by atomic mass is 19.4. The van der Waals surface area contributed by atoms with Gasteiger partial charge >= 0.3 is 6.18 Å². The summed E-state index contributed by atoms with van der Waals surface area (Å²) in [5, 5.41) is 5.69. The van der Waals surface area contributed by atoms with Crippen LogP contribution in [0.15, 0.2) is 42.5 Å². The van der Waals surface area contributed by atoms with Crippen LogP contribution in [0.2, 0.25) is 0 Å². The Morgan fingerprint density at radius 1 is 1.02 bits per heavy atom. The fraction of sp³-hybridized carbons (Fsp3) is 0.483. The minimum Gasteiger partial charge on any atom is -0.490 e. The molecule has 2 N–H and O–H groups in total. The van der Waals surface area contributed by atoms with Crippen LogP contribution in [0, 0.1) is 0 Å². The van der Waals surface area contributed by atoms with Crippen LogP contribution >= 0.6 is 0 Å². The first-order chi connectivity index (χ1) is 19.6. The van der Waals surface area contributed by atoms with E-state index < -0.39 is 23.8 Å². The first-order valence-electron chi connectivity index (χ1n) is 13.6. The molecular formula is C29H32F3N3O6. The highest BCUT2D eigenvalue weighted by molar-refractivity contribution is 6.05. The number of halogens is 3. The van der Waals surface area contributed by atoms with Crippen molar-refractivity contribution in [2.45, 2.75) is 62.6 Å². The molecule has 2 fully saturated rings. The van der Waals surface area contributed by atoms with Crippen LogP contribution in [0.4, 0.5) is 18.9 Å². The molecule has 3 heterocycles. The molecule has 0 spiro atoms. The predicted molar refractivity (Wildman–Crippen MR) is 142 cm³/mol. The number of anilines is 1. The van der Waals surface area contributed by atoms with Crippen molar-refractivity contribution in [1.29, 1.82) is 0 Å². The molecule has 2 aromatic rings. The van der Waals surface area contributed by atoms with Crippen molar-refractivity contribution in [1.82, 2.24) is 10.2 Å². The second-order valence-electron chi connectivity index (χ2n) is 10.6. The fourth-order valence-corrected chi connectivity index (χ4v) is 5.45. The summed E-state index contributed by atoms with van der Waals surface area (Å²) in [5.41, 5.74) is -0.265. The van der Waals surface area contributed by atoms with Gasteiger partial charge in [-0.15, -0.1) is 0 Å². The molecule has 3 amide bonds. The number of carbonyl (C=O) groups is 3. The molecule has 220 valence electrons. The Bertz CT molecular complexity index is 1280. The number of rotatable bonds is 5. The van der Waals surface area contributed by atoms with E-state index in [0.29, 0.717) is 37.5 Å². The average Bonchev–Trinajstić information content (AvgIpc) is 2.95. The molecule has 2 aromatic carbocycles. The van der Waals surface area contributed by atoms with Crippen molar-refractivity contribution in [2.24, 2.45) is 0 Å². The van der Waals surface area contributed by atoms with Crippen LogP contribution in [0.5, 0.6) is 5.75 Å². The molecule has 5 rings (SSSR count). The number of nitrogens with zero attached hydrogens (tertiary/aromatic N) is 1. The average molecular weight is 576 g/mol. The number of hydrogen-bond acceptors (Lipinski definition) is 6. The van der Waals surface area contributed by atoms with Crippen LogP contribution in [0.25, 0.3) is 0 Å². The number of nitrogens with one attached hydrogen (secondary N) is 2. The van der Waals surface area contributed by atoms with Crippen LogP contribution in [0.1, 0.15) is 58.4 Å². The van der Waals surface area contributed by atoms with Crippen molar-refractivity contribution < 1.29 is 41.8 Å². The smallest absolute Gasteiger partial charge is 0.416 e. The standard InChI is InChI=1S/C29H32F3N3O6/c1-35-23-8-7-21(15-26(36)33-19-10-12-39-13-11-19)41-25(23)16-40-24-9-6-20(14-22(24)28(35)38)34-27(37)17-2-4-18(5-3-17)29(30,31)32/h2-6,9,14,19,21,23,25H,7-8,10-13,15-16H2,1H3,(H,33,36)(H,34,37)/t21-,23-,25-/m0/s1. The molecule has 3 aliphatic heterocycles. The van der Waals surface area contributed by atoms with Gasteiger partial charge in [-0.25, -0.2) is 0 Å². The van der Waals surface area contributed by atoms with Crippen molar-refractivity contribution in [3.05, 3.63) is 59.2 Å². The Morgan fingerprint density at radius 3 is 2.46 bits per heavy atom. The summed E-state index contributed by atoms with van der Waals surface area (Å²) >= 11 is 0. The van der Waals surface area contributed by atoms with E-state index in [1.54, 1.807) is 24.1 Å². The van der Waals surface area contributed by atoms with Gasteiger partial charge in [-0.3, -0.25) is 14.4 Å². The summed E-state index contributed by atoms with van der Waals surface area (Å²) in [4.78, 5) is 40.3. The van der Waals surface area contributed by atoms with Crippen LogP contribution in [-0.4, -0.2) is 73.8 Å². The number of likely N-dealkylation sites (N-methyl/N-ethyl adjacent to an activating group) is 1. The maximum Gasteiger partial charge on any atom is 0.416 e. The van der Waals surface area contributed by atoms with Gasteiger partial charge in [0.2, 0.25) is 5.91 Å². The van der Waals surface area contributed by atoms with E-state index in [1.807, 2.05) is 0 Å². The lowest BCUT2D eigenvalue weighted by Crippen LogP contribution is -2.54. The second-order valence-corrected chi connectivity index (χ2v) is 10.6. The normalized spacial score (nSPS) is 23.4. The maximum atomic E-state index is 13.5. The van der Waals surface area contributed by atoms with Crippen molar-refractivity contribution in [2.75, 3.05) is 32.2 Å². The Kier molecular flexibility index (Phi) is 8.50. The van der Waals surface area contributed by atoms with E-state index in [0.717, 1.165) is 37.1 Å². The molecule has 9 nitrogen and oxygen atoms in total. The summed E-state index contributed by atoms with van der Waals surface area (Å²) in [5.74, 6) is -0.679. The summed E-state index contributed by atoms with van der Waals surface area (Å²) in [6.45, 7) is 1.45. The predicted octanol–water partition coefficient (Wildman–Crippen LogP) is 4.02. The molecule has 0 aliphatic carbocycles. The maximum absolute atomic E-state index is 13.5. The van der Waals surface area contributed by atoms with Gasteiger partial charge in [0.05, 0.1) is 29.7 Å². The molecule has 0 unspecified atom stereocenters. The molecule has 3 atom stereocenters. The Balaban J connectivity index is 1.22. The molecule has 2 saturated heterocycles. The number of carbonyl (C=O) groups excluding carboxylic acids is 3. The minimum absolute atomic E-state index is 0.0441. The van der Waals surface area contributed by atoms with Crippen LogP contribution in [0.3, 0.4) is 0 Å². The van der Waals surface area contributed by atoms with Crippen molar-refractivity contribution in [3.63, 3.8) is 0 Å². The molecule has 41 heavy (non-hydrogen) atoms. The molecule has 3 aliphatic rings. The molecular weight excluding hydrogens is 543 g/mol. The van der Waals surface area contributed by atoms with Gasteiger partial charge in [0, 0.05) is 37.6 Å². The van der Waals surface area contributed by atoms with Gasteiger partial charge in [0.25, 0.3) is 11.8 Å². The Hall–Kier alpha value is -3.64. The summed E-state index contributed by atoms with van der Waals surface area (Å²) in [6, 6.07) is 8.32. The monoisotopic (exact) mass is 575 g/mol. The SMILES string of the molecule is CN1C(=O)c2cc(NC(=O)c3ccc(C(F)(F)F)cc3)ccc2OC[C@@H]2O[C@H](CC(=O)NC3CCOCC3)CC[C@@H]21. The summed E-state index contributed by atoms with van der Waals surface area (Å²) < 4.78 is 56.1. The number of alkyl halides is 3. The Labute approximate surface area is 235 Å². The summed E-state index contributed by atoms with van der Waals surface area (Å²) in [7, 11) is 1.68. The van der Waals surface area contributed by atoms with Gasteiger partial charge < -0.3 is 29.7 Å². The zero-order chi connectivity index (χ0) is 29.1. The lowest BCUT2D eigenvalue weighted by atomic mass is 9.94. The lowest BCUT2D eigenvalue weighted by molar-refractivity contribution is -0.137. The first-order valence-corrected chi connectivity index (χ1v) is 13.6. The van der Waals surface area contributed by atoms with Gasteiger partial charge in [0.1, 0.15) is 18.5 Å². The van der Waals surface area contributed by atoms with E-state index in [4.69, 9.17) is 14.2 Å². The number of ether oxygens (including phenoxy) is 3. The molecule has 0 bridgehead atoms. The second kappa shape index (κ2) is 12.1. The Morgan fingerprint density at radius 2 is 1.76 bits per heavy atom. The lowest BCUT2D eigenvalue weighted by Gasteiger charge is -2.42. The molecule has 0 radical (unpaired) electrons. The number of amides is 3. The van der Waals surface area contributed by atoms with Crippen molar-refractivity contribution >= 4 is 23.4 Å². The highest BCUT2D eigenvalue weighted by Gasteiger charge is 2.39. The highest BCUT2D eigenvalue weighted by Crippen LogP contribution is 2.33. The number of hydrogen-bond donors (Lipinski definition) is 2. The zero-order valence-electron chi connectivity index (χ0n) is 22.5. The largest absolute Gasteiger partial charge is 0.490 e. The molecule has 12 heteroatoms. The third-order valence-electron chi connectivity index (χ3n) is 7.74. The van der Waals surface area contributed by atoms with Gasteiger partial charge in [-0.1, -0.05) is 0 Å². The third-order valence-corrected chi connectivity index (χ3v) is 7.74. The van der Waals surface area contributed by atoms with Crippen molar-refractivity contribution in [3.8, 4) is 5.75 Å². The van der Waals surface area contributed by atoms with Gasteiger partial charge in [-0.05, 0) is 68.1 Å². The van der Waals surface area contributed by atoms with Crippen LogP contribution < -0.4 is 15.4 Å². The quantitative estimate of drug-likeness (QED) is 0.558. The number of benzene rings is 2. The fourth-order valence-electron chi connectivity index (χ4n) is 5.45. The first kappa shape index (κ1) is 28.9. The van der Waals surface area contributed by atoms with Crippen LogP contribution in [-0.2, 0) is 20.4 Å². The number of fused-ring (bicyclic) bond motifs is 2. The van der Waals surface area contributed by atoms with Gasteiger partial charge in [0.15, 0.2) is 0 Å². The summed E-state index contributed by atoms with van der Waals surface area (Å²) in [6.07, 6.45) is -2.15. The topological polar surface area (TPSA) is 106 Å². The van der Waals surface area contributed by atoms with E-state index in [9.17, 15) is 27.6 Å². The zero-order valence-corrected chi connectivity index (χ0v) is 22.5. The van der Waals surface area contributed by atoms with Gasteiger partial charge in [-0.2, -0.15) is 13.2 Å². The van der Waals surface area contributed by atoms with E-state index in [2.05, 4.69) is 10.6 Å². The van der Waals surface area contributed by atoms with E-state index in [-0.39, 0.29) is 54.2 Å². The minimum atomic E-state index is -4.50. The van der Waals surface area contributed by atoms with E-state index >= 15 is 0 Å². The molecule has 0 aromatic heterocycles. The molecule has 0 saturated carbocycles.